The van der Waals surface area contributed by atoms with Crippen molar-refractivity contribution in [1.82, 2.24) is 0 Å². The van der Waals surface area contributed by atoms with Crippen LogP contribution in [-0.2, 0) is 11.1 Å². The maximum absolute atomic E-state index is 10.5. The Bertz CT molecular complexity index is 306. The zero-order valence-electron chi connectivity index (χ0n) is 5.25. The minimum absolute atomic E-state index is 0. The molecule has 1 atom stereocenters. The number of rotatable bonds is 1. The normalized spacial score (nSPS) is 11.9. The van der Waals surface area contributed by atoms with E-state index in [4.69, 9.17) is 27.8 Å². The number of benzene rings is 1. The van der Waals surface area contributed by atoms with Gasteiger partial charge >= 0.3 is 29.6 Å². The number of halogens is 2. The molecule has 1 aromatic rings. The van der Waals surface area contributed by atoms with Crippen LogP contribution in [0.2, 0.25) is 10.0 Å². The Balaban J connectivity index is 0.00000121. The molecule has 1 N–H and O–H groups in total. The van der Waals surface area contributed by atoms with E-state index in [1.54, 1.807) is 12.1 Å². The second-order valence-electron chi connectivity index (χ2n) is 1.80. The number of hydrogen-bond acceptors (Lipinski definition) is 1. The van der Waals surface area contributed by atoms with E-state index in [1.165, 1.54) is 6.07 Å². The molecule has 0 aliphatic carbocycles. The molecule has 0 saturated heterocycles. The van der Waals surface area contributed by atoms with Crippen LogP contribution in [0.1, 0.15) is 0 Å². The third-order valence-corrected chi connectivity index (χ3v) is 2.75. The molecule has 62 valence electrons. The van der Waals surface area contributed by atoms with Gasteiger partial charge in [0.05, 0.1) is 14.9 Å². The summed E-state index contributed by atoms with van der Waals surface area (Å²) in [4.78, 5) is 0.138. The Labute approximate surface area is 105 Å². The minimum atomic E-state index is -2.07. The summed E-state index contributed by atoms with van der Waals surface area (Å²) in [7, 11) is 0. The van der Waals surface area contributed by atoms with Gasteiger partial charge in [-0.3, -0.25) is 0 Å². The van der Waals surface area contributed by atoms with Crippen molar-refractivity contribution in [2.75, 3.05) is 0 Å². The van der Waals surface area contributed by atoms with E-state index in [0.29, 0.717) is 0 Å². The zero-order chi connectivity index (χ0) is 8.43. The Hall–Kier alpha value is 0.910. The summed E-state index contributed by atoms with van der Waals surface area (Å²) < 4.78 is 19.2. The summed E-state index contributed by atoms with van der Waals surface area (Å²) in [5.74, 6) is 0. The fourth-order valence-electron chi connectivity index (χ4n) is 0.619. The molecule has 0 aliphatic heterocycles. The second kappa shape index (κ2) is 5.60. The molecule has 0 heterocycles. The van der Waals surface area contributed by atoms with Crippen molar-refractivity contribution in [3.8, 4) is 0 Å². The first-order chi connectivity index (χ1) is 5.13. The summed E-state index contributed by atoms with van der Waals surface area (Å²) in [5, 5.41) is 0.418. The average molecular weight is 235 g/mol. The van der Waals surface area contributed by atoms with Gasteiger partial charge in [-0.1, -0.05) is 29.3 Å². The Kier molecular flexibility index (Phi) is 6.03. The van der Waals surface area contributed by atoms with E-state index in [-0.39, 0.29) is 44.5 Å². The van der Waals surface area contributed by atoms with Gasteiger partial charge in [-0.2, -0.15) is 0 Å². The van der Waals surface area contributed by atoms with Crippen molar-refractivity contribution in [2.45, 2.75) is 4.90 Å². The van der Waals surface area contributed by atoms with Crippen LogP contribution in [0.3, 0.4) is 0 Å². The molecule has 1 rings (SSSR count). The molecule has 1 aromatic carbocycles. The summed E-state index contributed by atoms with van der Waals surface area (Å²) in [5.41, 5.74) is 0. The molecule has 0 spiro atoms. The fraction of sp³-hybridized carbons (Fsp3) is 0. The first kappa shape index (κ1) is 12.9. The quantitative estimate of drug-likeness (QED) is 0.596. The predicted molar refractivity (Wildman–Crippen MR) is 52.6 cm³/mol. The average Bonchev–Trinajstić information content (AvgIpc) is 1.94. The van der Waals surface area contributed by atoms with E-state index in [0.717, 1.165) is 0 Å². The van der Waals surface area contributed by atoms with E-state index >= 15 is 0 Å². The van der Waals surface area contributed by atoms with Crippen LogP contribution in [0, 0.1) is 0 Å². The van der Waals surface area contributed by atoms with Gasteiger partial charge in [0.25, 0.3) is 0 Å². The summed E-state index contributed by atoms with van der Waals surface area (Å²) in [6.45, 7) is 0. The molecule has 0 radical (unpaired) electrons. The van der Waals surface area contributed by atoms with Crippen LogP contribution in [0.15, 0.2) is 23.1 Å². The van der Waals surface area contributed by atoms with Crippen LogP contribution in [0.4, 0.5) is 0 Å². The molecular formula is C6H5Cl2NaO2S. The molecule has 6 heteroatoms. The first-order valence-corrected chi connectivity index (χ1v) is 4.54. The van der Waals surface area contributed by atoms with Crippen LogP contribution in [0.25, 0.3) is 0 Å². The summed E-state index contributed by atoms with van der Waals surface area (Å²) in [6, 6.07) is 4.57. The molecule has 0 aliphatic rings. The summed E-state index contributed by atoms with van der Waals surface area (Å²) in [6.07, 6.45) is 0. The SMILES string of the molecule is O=S(O)c1cccc(Cl)c1Cl.[NaH]. The molecule has 12 heavy (non-hydrogen) atoms. The second-order valence-corrected chi connectivity index (χ2v) is 3.52. The van der Waals surface area contributed by atoms with E-state index < -0.39 is 11.1 Å². The molecular weight excluding hydrogens is 230 g/mol. The van der Waals surface area contributed by atoms with Crippen molar-refractivity contribution >= 4 is 63.8 Å². The molecule has 0 saturated carbocycles. The third-order valence-electron chi connectivity index (χ3n) is 1.10. The van der Waals surface area contributed by atoms with Gasteiger partial charge in [0.1, 0.15) is 0 Å². The van der Waals surface area contributed by atoms with Gasteiger partial charge in [-0.15, -0.1) is 0 Å². The van der Waals surface area contributed by atoms with Crippen molar-refractivity contribution in [3.63, 3.8) is 0 Å². The van der Waals surface area contributed by atoms with Gasteiger partial charge in [0.2, 0.25) is 0 Å². The van der Waals surface area contributed by atoms with Crippen molar-refractivity contribution < 1.29 is 8.76 Å². The van der Waals surface area contributed by atoms with Gasteiger partial charge in [-0.05, 0) is 12.1 Å². The first-order valence-electron chi connectivity index (χ1n) is 2.68. The zero-order valence-corrected chi connectivity index (χ0v) is 7.58. The topological polar surface area (TPSA) is 37.3 Å². The van der Waals surface area contributed by atoms with Gasteiger partial charge in [0.15, 0.2) is 11.1 Å². The number of hydrogen-bond donors (Lipinski definition) is 1. The van der Waals surface area contributed by atoms with Gasteiger partial charge < -0.3 is 4.55 Å². The summed E-state index contributed by atoms with van der Waals surface area (Å²) >= 11 is 9.12. The Morgan fingerprint density at radius 3 is 2.33 bits per heavy atom. The standard InChI is InChI=1S/C6H4Cl2O2S.Na.H/c7-4-2-1-3-5(6(4)8)11(9)10;;/h1-3H,(H,9,10);;. The van der Waals surface area contributed by atoms with Crippen LogP contribution in [-0.4, -0.2) is 38.3 Å². The molecule has 0 amide bonds. The predicted octanol–water partition coefficient (Wildman–Crippen LogP) is 1.93. The Morgan fingerprint density at radius 1 is 1.33 bits per heavy atom. The monoisotopic (exact) mass is 234 g/mol. The third kappa shape index (κ3) is 3.00. The fourth-order valence-corrected chi connectivity index (χ4v) is 1.63. The molecule has 0 bridgehead atoms. The van der Waals surface area contributed by atoms with E-state index in [2.05, 4.69) is 0 Å². The van der Waals surface area contributed by atoms with Gasteiger partial charge in [0, 0.05) is 0 Å². The molecule has 2 nitrogen and oxygen atoms in total. The van der Waals surface area contributed by atoms with E-state index in [1.807, 2.05) is 0 Å². The van der Waals surface area contributed by atoms with Crippen molar-refractivity contribution in [2.24, 2.45) is 0 Å². The van der Waals surface area contributed by atoms with E-state index in [9.17, 15) is 4.21 Å². The maximum atomic E-state index is 10.5. The van der Waals surface area contributed by atoms with Crippen LogP contribution in [0.5, 0.6) is 0 Å². The van der Waals surface area contributed by atoms with Crippen molar-refractivity contribution in [3.05, 3.63) is 28.2 Å². The van der Waals surface area contributed by atoms with Crippen LogP contribution >= 0.6 is 23.2 Å². The molecule has 1 unspecified atom stereocenters. The van der Waals surface area contributed by atoms with Crippen LogP contribution < -0.4 is 0 Å². The molecule has 0 aromatic heterocycles. The molecule has 0 fully saturated rings. The van der Waals surface area contributed by atoms with Crippen molar-refractivity contribution in [1.29, 1.82) is 0 Å². The Morgan fingerprint density at radius 2 is 1.92 bits per heavy atom. The van der Waals surface area contributed by atoms with Gasteiger partial charge in [-0.25, -0.2) is 4.21 Å².